The monoisotopic (exact) mass is 373 g/mol. The van der Waals surface area contributed by atoms with E-state index in [1.165, 1.54) is 0 Å². The van der Waals surface area contributed by atoms with E-state index in [-0.39, 0.29) is 23.8 Å². The van der Waals surface area contributed by atoms with Crippen molar-refractivity contribution in [2.24, 2.45) is 24.8 Å². The van der Waals surface area contributed by atoms with E-state index in [1.54, 1.807) is 24.1 Å². The van der Waals surface area contributed by atoms with Crippen molar-refractivity contribution in [1.29, 1.82) is 0 Å². The van der Waals surface area contributed by atoms with Crippen LogP contribution in [0.25, 0.3) is 0 Å². The molecule has 26 heavy (non-hydrogen) atoms. The van der Waals surface area contributed by atoms with Gasteiger partial charge in [-0.2, -0.15) is 10.1 Å². The van der Waals surface area contributed by atoms with Gasteiger partial charge < -0.3 is 16.0 Å². The molecule has 0 aliphatic heterocycles. The summed E-state index contributed by atoms with van der Waals surface area (Å²) in [4.78, 5) is 21.0. The zero-order chi connectivity index (χ0) is 18.3. The van der Waals surface area contributed by atoms with Crippen LogP contribution in [0.4, 0.5) is 17.5 Å². The van der Waals surface area contributed by atoms with Crippen molar-refractivity contribution >= 4 is 35.0 Å². The summed E-state index contributed by atoms with van der Waals surface area (Å²) >= 11 is 6.29. The number of carbonyl (C=O) groups is 1. The molecule has 2 heterocycles. The lowest BCUT2D eigenvalue weighted by atomic mass is 9.88. The van der Waals surface area contributed by atoms with E-state index in [2.05, 4.69) is 43.2 Å². The van der Waals surface area contributed by atoms with Crippen molar-refractivity contribution in [1.82, 2.24) is 25.1 Å². The second-order valence-electron chi connectivity index (χ2n) is 6.68. The molecule has 2 aliphatic rings. The van der Waals surface area contributed by atoms with Crippen molar-refractivity contribution in [3.8, 4) is 0 Å². The van der Waals surface area contributed by atoms with Crippen LogP contribution in [-0.4, -0.2) is 38.7 Å². The van der Waals surface area contributed by atoms with Crippen LogP contribution in [0.15, 0.2) is 30.7 Å². The third kappa shape index (κ3) is 3.01. The first-order valence-electron chi connectivity index (χ1n) is 8.50. The third-order valence-electron chi connectivity index (χ3n) is 5.02. The fraction of sp³-hybridized carbons (Fsp3) is 0.412. The Kier molecular flexibility index (Phi) is 4.28. The number of nitrogens with one attached hydrogen (secondary N) is 3. The fourth-order valence-electron chi connectivity index (χ4n) is 3.84. The molecule has 2 aromatic rings. The maximum atomic E-state index is 12.3. The van der Waals surface area contributed by atoms with E-state index in [0.717, 1.165) is 12.1 Å². The van der Waals surface area contributed by atoms with Crippen LogP contribution in [-0.2, 0) is 11.8 Å². The molecule has 1 saturated carbocycles. The largest absolute Gasteiger partial charge is 0.365 e. The lowest BCUT2D eigenvalue weighted by molar-refractivity contribution is -0.125. The van der Waals surface area contributed by atoms with E-state index in [0.29, 0.717) is 22.7 Å². The summed E-state index contributed by atoms with van der Waals surface area (Å²) in [5, 5.41) is 13.8. The van der Waals surface area contributed by atoms with Gasteiger partial charge in [0.1, 0.15) is 5.02 Å². The van der Waals surface area contributed by atoms with E-state index in [1.807, 2.05) is 13.2 Å². The molecule has 0 saturated heterocycles. The molecule has 9 heteroatoms. The Bertz CT molecular complexity index is 865. The van der Waals surface area contributed by atoms with Gasteiger partial charge in [-0.25, -0.2) is 4.98 Å². The molecule has 0 unspecified atom stereocenters. The number of allylic oxidation sites excluding steroid dienone is 1. The molecule has 1 amide bonds. The van der Waals surface area contributed by atoms with Gasteiger partial charge in [-0.1, -0.05) is 23.8 Å². The predicted octanol–water partition coefficient (Wildman–Crippen LogP) is 1.96. The van der Waals surface area contributed by atoms with Gasteiger partial charge in [-0.05, 0) is 18.3 Å². The van der Waals surface area contributed by atoms with Crippen molar-refractivity contribution < 1.29 is 4.79 Å². The Morgan fingerprint density at radius 1 is 1.31 bits per heavy atom. The number of hydrogen-bond acceptors (Lipinski definition) is 6. The number of nitrogens with zero attached hydrogens (tertiary/aromatic N) is 4. The van der Waals surface area contributed by atoms with Crippen LogP contribution in [0.3, 0.4) is 0 Å². The molecule has 0 radical (unpaired) electrons. The van der Waals surface area contributed by atoms with E-state index < -0.39 is 0 Å². The number of amides is 1. The average Bonchev–Trinajstić information content (AvgIpc) is 3.33. The van der Waals surface area contributed by atoms with Crippen molar-refractivity contribution in [2.45, 2.75) is 12.5 Å². The molecule has 2 aliphatic carbocycles. The highest BCUT2D eigenvalue weighted by molar-refractivity contribution is 6.32. The van der Waals surface area contributed by atoms with Crippen LogP contribution >= 0.6 is 11.6 Å². The standard InChI is InChI=1S/C17H20ClN7O/c1-19-16(26)13-9-3-4-10(5-9)14(13)23-15-12(18)7-20-17(24-15)22-11-6-21-25(2)8-11/h3-4,6-10,13-14H,5H2,1-2H3,(H,19,26)(H2,20,22,23,24)/t9-,10-,13-,14+/m1/s1. The zero-order valence-corrected chi connectivity index (χ0v) is 15.2. The van der Waals surface area contributed by atoms with Crippen molar-refractivity contribution in [3.63, 3.8) is 0 Å². The Hall–Kier alpha value is -2.61. The molecule has 1 fully saturated rings. The minimum absolute atomic E-state index is 0.0383. The number of aromatic nitrogens is 4. The Labute approximate surface area is 156 Å². The summed E-state index contributed by atoms with van der Waals surface area (Å²) in [6.07, 6.45) is 10.3. The highest BCUT2D eigenvalue weighted by Crippen LogP contribution is 2.45. The third-order valence-corrected chi connectivity index (χ3v) is 5.29. The number of halogens is 1. The number of anilines is 3. The van der Waals surface area contributed by atoms with Gasteiger partial charge in [0.25, 0.3) is 0 Å². The van der Waals surface area contributed by atoms with Crippen molar-refractivity contribution in [2.75, 3.05) is 17.7 Å². The summed E-state index contributed by atoms with van der Waals surface area (Å²) in [6.45, 7) is 0. The normalized spacial score (nSPS) is 26.1. The molecule has 3 N–H and O–H groups in total. The van der Waals surface area contributed by atoms with Gasteiger partial charge >= 0.3 is 0 Å². The molecule has 136 valence electrons. The number of fused-ring (bicyclic) bond motifs is 2. The van der Waals surface area contributed by atoms with Gasteiger partial charge in [-0.3, -0.25) is 9.48 Å². The summed E-state index contributed by atoms with van der Waals surface area (Å²) in [6, 6.07) is -0.0383. The molecule has 2 aromatic heterocycles. The first-order valence-corrected chi connectivity index (χ1v) is 8.87. The zero-order valence-electron chi connectivity index (χ0n) is 14.5. The van der Waals surface area contributed by atoms with Crippen LogP contribution in [0.2, 0.25) is 5.02 Å². The second kappa shape index (κ2) is 6.60. The molecular formula is C17H20ClN7O. The Morgan fingerprint density at radius 3 is 2.85 bits per heavy atom. The Balaban J connectivity index is 1.56. The minimum Gasteiger partial charge on any atom is -0.365 e. The van der Waals surface area contributed by atoms with Crippen LogP contribution < -0.4 is 16.0 Å². The molecule has 8 nitrogen and oxygen atoms in total. The Morgan fingerprint density at radius 2 is 2.12 bits per heavy atom. The van der Waals surface area contributed by atoms with E-state index >= 15 is 0 Å². The summed E-state index contributed by atoms with van der Waals surface area (Å²) in [7, 11) is 3.51. The van der Waals surface area contributed by atoms with Crippen LogP contribution in [0.1, 0.15) is 6.42 Å². The van der Waals surface area contributed by atoms with E-state index in [4.69, 9.17) is 11.6 Å². The quantitative estimate of drug-likeness (QED) is 0.693. The van der Waals surface area contributed by atoms with Crippen molar-refractivity contribution in [3.05, 3.63) is 35.8 Å². The molecule has 0 spiro atoms. The maximum absolute atomic E-state index is 12.3. The number of carbonyl (C=O) groups excluding carboxylic acids is 1. The topological polar surface area (TPSA) is 96.8 Å². The fourth-order valence-corrected chi connectivity index (χ4v) is 3.99. The maximum Gasteiger partial charge on any atom is 0.229 e. The van der Waals surface area contributed by atoms with Gasteiger partial charge in [-0.15, -0.1) is 0 Å². The van der Waals surface area contributed by atoms with Gasteiger partial charge in [0.15, 0.2) is 5.82 Å². The summed E-state index contributed by atoms with van der Waals surface area (Å²) < 4.78 is 1.69. The lowest BCUT2D eigenvalue weighted by Gasteiger charge is -2.28. The molecule has 0 aromatic carbocycles. The lowest BCUT2D eigenvalue weighted by Crippen LogP contribution is -2.42. The first-order chi connectivity index (χ1) is 12.5. The first kappa shape index (κ1) is 16.8. The molecule has 4 atom stereocenters. The predicted molar refractivity (Wildman–Crippen MR) is 99.2 cm³/mol. The number of rotatable bonds is 5. The smallest absolute Gasteiger partial charge is 0.229 e. The van der Waals surface area contributed by atoms with E-state index in [9.17, 15) is 4.79 Å². The molecule has 4 rings (SSSR count). The second-order valence-corrected chi connectivity index (χ2v) is 7.08. The van der Waals surface area contributed by atoms with Gasteiger partial charge in [0.2, 0.25) is 11.9 Å². The molecular weight excluding hydrogens is 354 g/mol. The number of hydrogen-bond donors (Lipinski definition) is 3. The summed E-state index contributed by atoms with van der Waals surface area (Å²) in [5.41, 5.74) is 0.784. The molecule has 2 bridgehead atoms. The number of aryl methyl sites for hydroxylation is 1. The van der Waals surface area contributed by atoms with Crippen LogP contribution in [0.5, 0.6) is 0 Å². The average molecular weight is 374 g/mol. The SMILES string of the molecule is CNC(=O)[C@H]1[C@@H](Nc2nc(Nc3cnn(C)c3)ncc2Cl)[C@@H]2C=C[C@@H]1C2. The van der Waals surface area contributed by atoms with Crippen LogP contribution in [0, 0.1) is 17.8 Å². The summed E-state index contributed by atoms with van der Waals surface area (Å²) in [5.74, 6) is 1.40. The minimum atomic E-state index is -0.129. The van der Waals surface area contributed by atoms with Gasteiger partial charge in [0, 0.05) is 26.3 Å². The highest BCUT2D eigenvalue weighted by Gasteiger charge is 2.48. The van der Waals surface area contributed by atoms with Gasteiger partial charge in [0.05, 0.1) is 24.0 Å². The highest BCUT2D eigenvalue weighted by atomic mass is 35.5.